The van der Waals surface area contributed by atoms with Gasteiger partial charge in [0.15, 0.2) is 0 Å². The summed E-state index contributed by atoms with van der Waals surface area (Å²) in [4.78, 5) is 19.9. The first-order valence-corrected chi connectivity index (χ1v) is 8.91. The standard InChI is InChI=1S/C20H16F2N2OS/c21-15-7-3-13(4-8-15)17-19(26)24(20(23-17)11-1-2-12-20)18(25)14-5-9-16(22)10-6-14/h3-10H,1-2,11-12H2. The number of carbonyl (C=O) groups excluding carboxylic acids is 1. The molecule has 1 saturated carbocycles. The summed E-state index contributed by atoms with van der Waals surface area (Å²) in [6, 6.07) is 11.4. The number of carbonyl (C=O) groups is 1. The molecule has 0 saturated heterocycles. The zero-order valence-corrected chi connectivity index (χ0v) is 14.7. The van der Waals surface area contributed by atoms with Crippen molar-refractivity contribution in [2.75, 3.05) is 0 Å². The molecule has 0 N–H and O–H groups in total. The van der Waals surface area contributed by atoms with E-state index >= 15 is 0 Å². The summed E-state index contributed by atoms with van der Waals surface area (Å²) in [5.41, 5.74) is 0.914. The number of aliphatic imine (C=N–C) groups is 1. The molecule has 2 aliphatic rings. The summed E-state index contributed by atoms with van der Waals surface area (Å²) in [7, 11) is 0. The lowest BCUT2D eigenvalue weighted by Crippen LogP contribution is -2.48. The van der Waals surface area contributed by atoms with E-state index in [1.165, 1.54) is 36.4 Å². The second-order valence-corrected chi connectivity index (χ2v) is 7.00. The van der Waals surface area contributed by atoms with Gasteiger partial charge in [-0.3, -0.25) is 14.7 Å². The van der Waals surface area contributed by atoms with Crippen LogP contribution in [0, 0.1) is 11.6 Å². The van der Waals surface area contributed by atoms with Crippen molar-refractivity contribution in [1.29, 1.82) is 0 Å². The maximum Gasteiger partial charge on any atom is 0.260 e. The molecule has 3 nitrogen and oxygen atoms in total. The number of benzene rings is 2. The van der Waals surface area contributed by atoms with E-state index in [1.807, 2.05) is 0 Å². The van der Waals surface area contributed by atoms with E-state index in [2.05, 4.69) is 0 Å². The molecule has 1 spiro atoms. The molecule has 0 radical (unpaired) electrons. The minimum Gasteiger partial charge on any atom is -0.271 e. The van der Waals surface area contributed by atoms with E-state index in [9.17, 15) is 13.6 Å². The average Bonchev–Trinajstić information content (AvgIpc) is 3.21. The molecule has 1 heterocycles. The van der Waals surface area contributed by atoms with Crippen LogP contribution in [-0.4, -0.2) is 27.2 Å². The van der Waals surface area contributed by atoms with E-state index in [4.69, 9.17) is 17.2 Å². The quantitative estimate of drug-likeness (QED) is 0.729. The topological polar surface area (TPSA) is 32.7 Å². The van der Waals surface area contributed by atoms with Crippen molar-refractivity contribution >= 4 is 28.8 Å². The number of rotatable bonds is 2. The zero-order chi connectivity index (χ0) is 18.3. The van der Waals surface area contributed by atoms with Gasteiger partial charge in [-0.05, 0) is 74.2 Å². The third-order valence-electron chi connectivity index (χ3n) is 4.96. The number of nitrogens with zero attached hydrogens (tertiary/aromatic N) is 2. The fourth-order valence-electron chi connectivity index (χ4n) is 3.68. The lowest BCUT2D eigenvalue weighted by atomic mass is 10.1. The van der Waals surface area contributed by atoms with Crippen LogP contribution in [0.1, 0.15) is 41.6 Å². The summed E-state index contributed by atoms with van der Waals surface area (Å²) in [6.45, 7) is 0. The Labute approximate surface area is 155 Å². The van der Waals surface area contributed by atoms with Crippen LogP contribution in [0.15, 0.2) is 53.5 Å². The smallest absolute Gasteiger partial charge is 0.260 e. The van der Waals surface area contributed by atoms with Crippen molar-refractivity contribution in [2.45, 2.75) is 31.3 Å². The van der Waals surface area contributed by atoms with E-state index < -0.39 is 11.5 Å². The van der Waals surface area contributed by atoms with Gasteiger partial charge in [0.2, 0.25) is 0 Å². The highest BCUT2D eigenvalue weighted by Gasteiger charge is 2.50. The molecule has 1 aliphatic carbocycles. The first-order chi connectivity index (χ1) is 12.5. The predicted molar refractivity (Wildman–Crippen MR) is 99.3 cm³/mol. The molecule has 2 aromatic rings. The fourth-order valence-corrected chi connectivity index (χ4v) is 4.09. The second-order valence-electron chi connectivity index (χ2n) is 6.61. The maximum atomic E-state index is 13.3. The summed E-state index contributed by atoms with van der Waals surface area (Å²) in [5, 5.41) is 0. The van der Waals surface area contributed by atoms with Crippen LogP contribution in [0.3, 0.4) is 0 Å². The average molecular weight is 370 g/mol. The van der Waals surface area contributed by atoms with Crippen molar-refractivity contribution < 1.29 is 13.6 Å². The van der Waals surface area contributed by atoms with Crippen molar-refractivity contribution in [2.24, 2.45) is 4.99 Å². The number of amides is 1. The first-order valence-electron chi connectivity index (χ1n) is 8.50. The van der Waals surface area contributed by atoms with Gasteiger partial charge in [-0.25, -0.2) is 8.78 Å². The van der Waals surface area contributed by atoms with Gasteiger partial charge in [0.25, 0.3) is 5.91 Å². The zero-order valence-electron chi connectivity index (χ0n) is 13.9. The van der Waals surface area contributed by atoms with Gasteiger partial charge in [0.1, 0.15) is 28.0 Å². The van der Waals surface area contributed by atoms with Crippen molar-refractivity contribution in [1.82, 2.24) is 4.90 Å². The third kappa shape index (κ3) is 2.74. The molecular formula is C20H16F2N2OS. The molecule has 4 rings (SSSR count). The second kappa shape index (κ2) is 6.36. The Morgan fingerprint density at radius 3 is 2.08 bits per heavy atom. The highest BCUT2D eigenvalue weighted by molar-refractivity contribution is 7.82. The molecule has 1 amide bonds. The van der Waals surface area contributed by atoms with Gasteiger partial charge in [0, 0.05) is 11.1 Å². The van der Waals surface area contributed by atoms with E-state index in [0.29, 0.717) is 21.8 Å². The Bertz CT molecular complexity index is 900. The van der Waals surface area contributed by atoms with Crippen LogP contribution in [0.2, 0.25) is 0 Å². The molecule has 0 aromatic heterocycles. The molecule has 132 valence electrons. The van der Waals surface area contributed by atoms with Crippen molar-refractivity contribution in [3.63, 3.8) is 0 Å². The lowest BCUT2D eigenvalue weighted by Gasteiger charge is -2.32. The van der Waals surface area contributed by atoms with Gasteiger partial charge in [-0.2, -0.15) is 0 Å². The summed E-state index contributed by atoms with van der Waals surface area (Å²) >= 11 is 5.59. The molecule has 6 heteroatoms. The molecule has 1 fully saturated rings. The summed E-state index contributed by atoms with van der Waals surface area (Å²) < 4.78 is 26.5. The molecule has 2 aromatic carbocycles. The number of thiocarbonyl (C=S) groups is 1. The van der Waals surface area contributed by atoms with Crippen LogP contribution in [0.25, 0.3) is 0 Å². The molecule has 0 bridgehead atoms. The van der Waals surface area contributed by atoms with Crippen molar-refractivity contribution in [3.05, 3.63) is 71.3 Å². The van der Waals surface area contributed by atoms with E-state index in [1.54, 1.807) is 17.0 Å². The molecular weight excluding hydrogens is 354 g/mol. The Morgan fingerprint density at radius 1 is 0.962 bits per heavy atom. The fraction of sp³-hybridized carbons (Fsp3) is 0.250. The van der Waals surface area contributed by atoms with Gasteiger partial charge in [0.05, 0.1) is 0 Å². The summed E-state index contributed by atoms with van der Waals surface area (Å²) in [5.74, 6) is -1.02. The number of hydrogen-bond acceptors (Lipinski definition) is 3. The van der Waals surface area contributed by atoms with Gasteiger partial charge in [-0.1, -0.05) is 12.2 Å². The van der Waals surface area contributed by atoms with E-state index in [0.717, 1.165) is 25.7 Å². The molecule has 0 unspecified atom stereocenters. The van der Waals surface area contributed by atoms with Gasteiger partial charge >= 0.3 is 0 Å². The Balaban J connectivity index is 1.75. The largest absolute Gasteiger partial charge is 0.271 e. The van der Waals surface area contributed by atoms with Crippen LogP contribution >= 0.6 is 12.2 Å². The highest BCUT2D eigenvalue weighted by Crippen LogP contribution is 2.42. The van der Waals surface area contributed by atoms with Gasteiger partial charge < -0.3 is 0 Å². The lowest BCUT2D eigenvalue weighted by molar-refractivity contribution is 0.0724. The molecule has 1 aliphatic heterocycles. The number of halogens is 2. The molecule has 0 atom stereocenters. The molecule has 26 heavy (non-hydrogen) atoms. The van der Waals surface area contributed by atoms with Crippen LogP contribution in [0.4, 0.5) is 8.78 Å². The number of hydrogen-bond donors (Lipinski definition) is 0. The SMILES string of the molecule is O=C(c1ccc(F)cc1)N1C(=S)C(c2ccc(F)cc2)=NC12CCCC2. The maximum absolute atomic E-state index is 13.3. The Kier molecular flexibility index (Phi) is 4.15. The predicted octanol–water partition coefficient (Wildman–Crippen LogP) is 4.51. The first kappa shape index (κ1) is 17.0. The normalized spacial score (nSPS) is 18.5. The third-order valence-corrected chi connectivity index (χ3v) is 5.33. The minimum atomic E-state index is -0.688. The van der Waals surface area contributed by atoms with Crippen LogP contribution < -0.4 is 0 Å². The van der Waals surface area contributed by atoms with Crippen LogP contribution in [-0.2, 0) is 0 Å². The Morgan fingerprint density at radius 2 is 1.50 bits per heavy atom. The Hall–Kier alpha value is -2.47. The van der Waals surface area contributed by atoms with Gasteiger partial charge in [-0.15, -0.1) is 0 Å². The summed E-state index contributed by atoms with van der Waals surface area (Å²) in [6.07, 6.45) is 3.36. The minimum absolute atomic E-state index is 0.280. The van der Waals surface area contributed by atoms with Crippen LogP contribution in [0.5, 0.6) is 0 Å². The van der Waals surface area contributed by atoms with Crippen molar-refractivity contribution in [3.8, 4) is 0 Å². The monoisotopic (exact) mass is 370 g/mol. The van der Waals surface area contributed by atoms with E-state index in [-0.39, 0.29) is 11.7 Å². The highest BCUT2D eigenvalue weighted by atomic mass is 32.1.